The van der Waals surface area contributed by atoms with E-state index in [-0.39, 0.29) is 12.8 Å². The maximum atomic E-state index is 12.3. The summed E-state index contributed by atoms with van der Waals surface area (Å²) in [5.74, 6) is -4.79. The third-order valence-corrected chi connectivity index (χ3v) is 3.30. The van der Waals surface area contributed by atoms with Crippen LogP contribution in [0.4, 0.5) is 0 Å². The average molecular weight is 359 g/mol. The minimum atomic E-state index is -1.28. The number of hydrogen-bond donors (Lipinski definition) is 6. The van der Waals surface area contributed by atoms with Crippen LogP contribution < -0.4 is 27.8 Å². The second-order valence-electron chi connectivity index (χ2n) is 5.91. The van der Waals surface area contributed by atoms with Crippen molar-refractivity contribution in [1.82, 2.24) is 10.6 Å². The Kier molecular flexibility index (Phi) is 9.13. The average Bonchev–Trinajstić information content (AvgIpc) is 2.46. The fourth-order valence-corrected chi connectivity index (χ4v) is 1.91. The number of amides is 4. The van der Waals surface area contributed by atoms with Gasteiger partial charge in [-0.3, -0.25) is 19.2 Å². The lowest BCUT2D eigenvalue weighted by Gasteiger charge is -2.24. The van der Waals surface area contributed by atoms with Crippen molar-refractivity contribution in [2.45, 2.75) is 51.2 Å². The van der Waals surface area contributed by atoms with Gasteiger partial charge in [-0.1, -0.05) is 13.8 Å². The number of carbonyl (C=O) groups is 5. The quantitative estimate of drug-likeness (QED) is 0.227. The van der Waals surface area contributed by atoms with Crippen LogP contribution in [0.25, 0.3) is 0 Å². The van der Waals surface area contributed by atoms with Crippen LogP contribution in [0.1, 0.15) is 33.1 Å². The highest BCUT2D eigenvalue weighted by molar-refractivity contribution is 5.93. The molecule has 9 N–H and O–H groups in total. The Labute approximate surface area is 144 Å². The number of hydrogen-bond acceptors (Lipinski definition) is 6. The number of aliphatic carboxylic acids is 1. The van der Waals surface area contributed by atoms with Gasteiger partial charge in [0.2, 0.25) is 23.6 Å². The van der Waals surface area contributed by atoms with Gasteiger partial charge in [-0.2, -0.15) is 0 Å². The van der Waals surface area contributed by atoms with E-state index >= 15 is 0 Å². The van der Waals surface area contributed by atoms with Crippen molar-refractivity contribution < 1.29 is 29.1 Å². The molecule has 25 heavy (non-hydrogen) atoms. The van der Waals surface area contributed by atoms with Crippen molar-refractivity contribution >= 4 is 29.6 Å². The predicted octanol–water partition coefficient (Wildman–Crippen LogP) is -2.84. The van der Waals surface area contributed by atoms with E-state index in [9.17, 15) is 24.0 Å². The lowest BCUT2D eigenvalue weighted by atomic mass is 10.0. The third kappa shape index (κ3) is 8.65. The minimum absolute atomic E-state index is 0.152. The second-order valence-corrected chi connectivity index (χ2v) is 5.91. The van der Waals surface area contributed by atoms with Gasteiger partial charge in [0.15, 0.2) is 0 Å². The van der Waals surface area contributed by atoms with Crippen molar-refractivity contribution in [3.05, 3.63) is 0 Å². The standard InChI is InChI=1S/C14H25N5O6/c1-6(2)11(14(24)25)19-13(23)8(3-4-9(16)20)18-12(22)7(15)5-10(17)21/h6-8,11H,3-5,15H2,1-2H3,(H2,16,20)(H2,17,21)(H,18,22)(H,19,23)(H,24,25)/t7-,8-,11-/m0/s1. The summed E-state index contributed by atoms with van der Waals surface area (Å²) in [4.78, 5) is 57.1. The second kappa shape index (κ2) is 10.2. The van der Waals surface area contributed by atoms with Crippen molar-refractivity contribution in [2.24, 2.45) is 23.1 Å². The van der Waals surface area contributed by atoms with Gasteiger partial charge in [-0.25, -0.2) is 4.79 Å². The highest BCUT2D eigenvalue weighted by atomic mass is 16.4. The Bertz CT molecular complexity index is 536. The molecule has 0 aromatic heterocycles. The van der Waals surface area contributed by atoms with Crippen molar-refractivity contribution in [3.8, 4) is 0 Å². The molecule has 0 aromatic carbocycles. The Morgan fingerprint density at radius 2 is 1.52 bits per heavy atom. The molecule has 11 nitrogen and oxygen atoms in total. The summed E-state index contributed by atoms with van der Waals surface area (Å²) in [6.45, 7) is 3.19. The van der Waals surface area contributed by atoms with E-state index < -0.39 is 60.1 Å². The van der Waals surface area contributed by atoms with Crippen molar-refractivity contribution in [1.29, 1.82) is 0 Å². The molecule has 0 heterocycles. The maximum absolute atomic E-state index is 12.3. The smallest absolute Gasteiger partial charge is 0.326 e. The first-order valence-electron chi connectivity index (χ1n) is 7.61. The Hall–Kier alpha value is -2.69. The van der Waals surface area contributed by atoms with Crippen LogP contribution in [0.15, 0.2) is 0 Å². The number of carboxylic acid groups (broad SMARTS) is 1. The summed E-state index contributed by atoms with van der Waals surface area (Å²) in [7, 11) is 0. The number of nitrogens with two attached hydrogens (primary N) is 3. The van der Waals surface area contributed by atoms with Gasteiger partial charge in [-0.05, 0) is 12.3 Å². The van der Waals surface area contributed by atoms with E-state index in [2.05, 4.69) is 10.6 Å². The molecule has 0 aliphatic rings. The number of rotatable bonds is 11. The fraction of sp³-hybridized carbons (Fsp3) is 0.643. The van der Waals surface area contributed by atoms with E-state index in [1.807, 2.05) is 0 Å². The molecule has 0 spiro atoms. The van der Waals surface area contributed by atoms with Crippen LogP contribution in [0, 0.1) is 5.92 Å². The van der Waals surface area contributed by atoms with Gasteiger partial charge in [0.05, 0.1) is 12.5 Å². The lowest BCUT2D eigenvalue weighted by Crippen LogP contribution is -2.55. The summed E-state index contributed by atoms with van der Waals surface area (Å²) in [6, 6.07) is -3.69. The molecule has 0 aliphatic carbocycles. The lowest BCUT2D eigenvalue weighted by molar-refractivity contribution is -0.143. The molecular formula is C14H25N5O6. The highest BCUT2D eigenvalue weighted by Crippen LogP contribution is 2.05. The van der Waals surface area contributed by atoms with E-state index in [4.69, 9.17) is 22.3 Å². The minimum Gasteiger partial charge on any atom is -0.480 e. The number of carbonyl (C=O) groups excluding carboxylic acids is 4. The molecule has 0 saturated heterocycles. The molecule has 0 radical (unpaired) electrons. The van der Waals surface area contributed by atoms with Crippen LogP contribution >= 0.6 is 0 Å². The zero-order valence-corrected chi connectivity index (χ0v) is 14.2. The van der Waals surface area contributed by atoms with Crippen LogP contribution in [0.2, 0.25) is 0 Å². The summed E-state index contributed by atoms with van der Waals surface area (Å²) in [5, 5.41) is 13.7. The first-order chi connectivity index (χ1) is 11.5. The SMILES string of the molecule is CC(C)[C@H](NC(=O)[C@H](CCC(N)=O)NC(=O)[C@@H](N)CC(N)=O)C(=O)O. The van der Waals surface area contributed by atoms with Gasteiger partial charge in [0.25, 0.3) is 0 Å². The van der Waals surface area contributed by atoms with E-state index in [0.717, 1.165) is 0 Å². The normalized spacial score (nSPS) is 14.2. The van der Waals surface area contributed by atoms with Gasteiger partial charge < -0.3 is 32.9 Å². The Morgan fingerprint density at radius 1 is 0.960 bits per heavy atom. The van der Waals surface area contributed by atoms with Gasteiger partial charge >= 0.3 is 5.97 Å². The number of nitrogens with one attached hydrogen (secondary N) is 2. The molecule has 0 aliphatic heterocycles. The zero-order valence-electron chi connectivity index (χ0n) is 14.2. The number of carboxylic acids is 1. The molecule has 0 aromatic rings. The van der Waals surface area contributed by atoms with Crippen LogP contribution in [0.3, 0.4) is 0 Å². The summed E-state index contributed by atoms with van der Waals surface area (Å²) in [5.41, 5.74) is 15.5. The summed E-state index contributed by atoms with van der Waals surface area (Å²) < 4.78 is 0. The third-order valence-electron chi connectivity index (χ3n) is 3.30. The highest BCUT2D eigenvalue weighted by Gasteiger charge is 2.29. The van der Waals surface area contributed by atoms with Gasteiger partial charge in [-0.15, -0.1) is 0 Å². The van der Waals surface area contributed by atoms with Crippen molar-refractivity contribution in [2.75, 3.05) is 0 Å². The molecule has 0 fully saturated rings. The molecule has 142 valence electrons. The molecule has 3 atom stereocenters. The molecule has 0 saturated carbocycles. The Balaban J connectivity index is 5.10. The first-order valence-corrected chi connectivity index (χ1v) is 7.61. The summed E-state index contributed by atoms with van der Waals surface area (Å²) >= 11 is 0. The van der Waals surface area contributed by atoms with E-state index in [1.54, 1.807) is 13.8 Å². The largest absolute Gasteiger partial charge is 0.480 e. The Morgan fingerprint density at radius 3 is 1.92 bits per heavy atom. The number of primary amides is 2. The fourth-order valence-electron chi connectivity index (χ4n) is 1.91. The van der Waals surface area contributed by atoms with Crippen LogP contribution in [-0.2, 0) is 24.0 Å². The molecule has 4 amide bonds. The molecule has 11 heteroatoms. The van der Waals surface area contributed by atoms with Crippen LogP contribution in [0.5, 0.6) is 0 Å². The zero-order chi connectivity index (χ0) is 19.7. The van der Waals surface area contributed by atoms with Crippen molar-refractivity contribution in [3.63, 3.8) is 0 Å². The van der Waals surface area contributed by atoms with Gasteiger partial charge in [0.1, 0.15) is 12.1 Å². The van der Waals surface area contributed by atoms with Gasteiger partial charge in [0, 0.05) is 6.42 Å². The molecular weight excluding hydrogens is 334 g/mol. The predicted molar refractivity (Wildman–Crippen MR) is 86.6 cm³/mol. The summed E-state index contributed by atoms with van der Waals surface area (Å²) in [6.07, 6.45) is -0.802. The topological polar surface area (TPSA) is 208 Å². The molecule has 0 rings (SSSR count). The maximum Gasteiger partial charge on any atom is 0.326 e. The molecule has 0 bridgehead atoms. The van der Waals surface area contributed by atoms with Crippen LogP contribution in [-0.4, -0.2) is 52.8 Å². The monoisotopic (exact) mass is 359 g/mol. The van der Waals surface area contributed by atoms with E-state index in [0.29, 0.717) is 0 Å². The first kappa shape index (κ1) is 22.3. The van der Waals surface area contributed by atoms with E-state index in [1.165, 1.54) is 0 Å². The molecule has 0 unspecified atom stereocenters.